The van der Waals surface area contributed by atoms with Gasteiger partial charge in [-0.3, -0.25) is 0 Å². The predicted molar refractivity (Wildman–Crippen MR) is 204 cm³/mol. The fourth-order valence-corrected chi connectivity index (χ4v) is 11.5. The molecule has 0 saturated carbocycles. The molecule has 0 aliphatic heterocycles. The van der Waals surface area contributed by atoms with Crippen molar-refractivity contribution in [2.75, 3.05) is 0 Å². The topological polar surface area (TPSA) is 0 Å². The second-order valence-electron chi connectivity index (χ2n) is 11.4. The molecule has 239 valence electrons. The average molecular weight is 795 g/mol. The van der Waals surface area contributed by atoms with Gasteiger partial charge in [-0.1, -0.05) is 194 Å². The summed E-state index contributed by atoms with van der Waals surface area (Å²) in [4.78, 5) is 0. The first-order valence-electron chi connectivity index (χ1n) is 15.7. The number of rotatable bonds is 7. The summed E-state index contributed by atoms with van der Waals surface area (Å²) in [5, 5.41) is 13.3. The predicted octanol–water partition coefficient (Wildman–Crippen LogP) is 3.18. The fraction of sp³-hybridized carbons (Fsp3) is 0. The van der Waals surface area contributed by atoms with Crippen LogP contribution in [0, 0.1) is 0 Å². The molecule has 8 rings (SSSR count). The summed E-state index contributed by atoms with van der Waals surface area (Å²) in [6.45, 7) is 0. The van der Waals surface area contributed by atoms with Crippen molar-refractivity contribution < 1.29 is 44.3 Å². The largest absolute Gasteiger partial charge is 3.00 e. The Balaban J connectivity index is 0.00000156. The normalized spacial score (nSPS) is 10.7. The summed E-state index contributed by atoms with van der Waals surface area (Å²) >= 11 is 0. The monoisotopic (exact) mass is 794 g/mol. The maximum Gasteiger partial charge on any atom is 3.00 e. The van der Waals surface area contributed by atoms with Gasteiger partial charge in [0.15, 0.2) is 0 Å². The molecule has 8 aromatic rings. The smallest absolute Gasteiger partial charge is 1.00 e. The Kier molecular flexibility index (Phi) is 12.6. The van der Waals surface area contributed by atoms with Crippen LogP contribution in [0.2, 0.25) is 0 Å². The van der Waals surface area contributed by atoms with Crippen LogP contribution >= 0.6 is 15.8 Å². The van der Waals surface area contributed by atoms with E-state index < -0.39 is 15.8 Å². The first-order valence-corrected chi connectivity index (χ1v) is 18.4. The minimum Gasteiger partial charge on any atom is -1.00 e. The summed E-state index contributed by atoms with van der Waals surface area (Å²) in [6, 6.07) is 71.8. The fourth-order valence-electron chi connectivity index (χ4n) is 6.58. The maximum absolute atomic E-state index is 2.42. The van der Waals surface area contributed by atoms with E-state index in [0.29, 0.717) is 0 Å². The Labute approximate surface area is 316 Å². The Morgan fingerprint density at radius 1 is 0.265 bits per heavy atom. The van der Waals surface area contributed by atoms with Crippen molar-refractivity contribution >= 4 is 69.2 Å². The molecule has 0 aliphatic rings. The minimum absolute atomic E-state index is 0. The van der Waals surface area contributed by atoms with Gasteiger partial charge in [-0.25, -0.2) is 0 Å². The van der Waals surface area contributed by atoms with Gasteiger partial charge in [-0.15, -0.1) is 0 Å². The standard InChI is InChI=1S/C44H32P2.2ClH.Ru/c1-5-19-35(20-6-1)45(36-21-7-2-8-22-36)41-31-29-33-17-13-15-27-39(33)43(41)44-40-28-16-14-18-34(40)30-32-42(44)46(37-23-9-3-10-24-37)38-25-11-4-12-26-38;;;/h1-32H;2*1H;/q;;;+3/p-2. The van der Waals surface area contributed by atoms with E-state index in [0.717, 1.165) is 0 Å². The Morgan fingerprint density at radius 2 is 0.531 bits per heavy atom. The van der Waals surface area contributed by atoms with Gasteiger partial charge < -0.3 is 24.8 Å². The van der Waals surface area contributed by atoms with E-state index >= 15 is 0 Å². The van der Waals surface area contributed by atoms with Crippen LogP contribution in [0.25, 0.3) is 32.7 Å². The molecule has 0 aliphatic carbocycles. The molecule has 0 unspecified atom stereocenters. The third-order valence-corrected chi connectivity index (χ3v) is 13.6. The van der Waals surface area contributed by atoms with Crippen molar-refractivity contribution in [3.8, 4) is 11.1 Å². The zero-order chi connectivity index (χ0) is 30.7. The van der Waals surface area contributed by atoms with Crippen LogP contribution in [-0.4, -0.2) is 0 Å². The van der Waals surface area contributed by atoms with Gasteiger partial charge in [0.25, 0.3) is 0 Å². The number of hydrogen-bond donors (Lipinski definition) is 0. The second-order valence-corrected chi connectivity index (χ2v) is 15.7. The van der Waals surface area contributed by atoms with Gasteiger partial charge in [0, 0.05) is 0 Å². The van der Waals surface area contributed by atoms with Crippen LogP contribution in [0.5, 0.6) is 0 Å². The Bertz CT molecular complexity index is 2020. The van der Waals surface area contributed by atoms with E-state index in [1.165, 1.54) is 64.5 Å². The molecule has 0 atom stereocenters. The summed E-state index contributed by atoms with van der Waals surface area (Å²) in [5.41, 5.74) is 2.70. The van der Waals surface area contributed by atoms with E-state index in [1.54, 1.807) is 0 Å². The molecule has 0 fully saturated rings. The van der Waals surface area contributed by atoms with Crippen molar-refractivity contribution in [2.24, 2.45) is 0 Å². The van der Waals surface area contributed by atoms with Crippen molar-refractivity contribution in [3.63, 3.8) is 0 Å². The van der Waals surface area contributed by atoms with Gasteiger partial charge in [-0.05, 0) is 80.3 Å². The maximum atomic E-state index is 2.42. The van der Waals surface area contributed by atoms with Crippen molar-refractivity contribution in [1.82, 2.24) is 0 Å². The number of benzene rings is 8. The molecule has 0 saturated heterocycles. The molecule has 49 heavy (non-hydrogen) atoms. The Morgan fingerprint density at radius 3 is 0.837 bits per heavy atom. The van der Waals surface area contributed by atoms with Crippen LogP contribution in [0.3, 0.4) is 0 Å². The molecule has 0 nitrogen and oxygen atoms in total. The molecule has 0 spiro atoms. The Hall–Kier alpha value is -3.66. The van der Waals surface area contributed by atoms with Gasteiger partial charge >= 0.3 is 19.5 Å². The third kappa shape index (κ3) is 7.30. The molecule has 5 heteroatoms. The van der Waals surface area contributed by atoms with Crippen LogP contribution < -0.4 is 56.6 Å². The number of halogens is 2. The molecule has 8 aromatic carbocycles. The molecule has 0 heterocycles. The second kappa shape index (κ2) is 16.8. The van der Waals surface area contributed by atoms with Crippen LogP contribution in [0.4, 0.5) is 0 Å². The van der Waals surface area contributed by atoms with Gasteiger partial charge in [-0.2, -0.15) is 0 Å². The summed E-state index contributed by atoms with van der Waals surface area (Å²) < 4.78 is 0. The molecular weight excluding hydrogens is 762 g/mol. The SMILES string of the molecule is [Cl-].[Cl-].[Ru+3].c1ccc(P(c2ccccc2)c2ccc3ccccc3c2-c2c(P(c3ccccc3)c3ccccc3)ccc3ccccc23)cc1. The summed E-state index contributed by atoms with van der Waals surface area (Å²) in [6.07, 6.45) is 0. The molecule has 1 radical (unpaired) electrons. The molecule has 0 N–H and O–H groups in total. The molecule has 0 amide bonds. The first kappa shape index (κ1) is 36.6. The number of fused-ring (bicyclic) bond motifs is 2. The van der Waals surface area contributed by atoms with Crippen LogP contribution in [0.15, 0.2) is 194 Å². The number of hydrogen-bond acceptors (Lipinski definition) is 0. The van der Waals surface area contributed by atoms with Gasteiger partial charge in [0.2, 0.25) is 0 Å². The van der Waals surface area contributed by atoms with E-state index in [4.69, 9.17) is 0 Å². The van der Waals surface area contributed by atoms with E-state index in [1.807, 2.05) is 0 Å². The van der Waals surface area contributed by atoms with E-state index in [-0.39, 0.29) is 44.3 Å². The van der Waals surface area contributed by atoms with Crippen LogP contribution in [0.1, 0.15) is 0 Å². The van der Waals surface area contributed by atoms with E-state index in [2.05, 4.69) is 194 Å². The molecule has 0 bridgehead atoms. The summed E-state index contributed by atoms with van der Waals surface area (Å²) in [5.74, 6) is 0. The molecule has 0 aromatic heterocycles. The van der Waals surface area contributed by atoms with Crippen molar-refractivity contribution in [3.05, 3.63) is 194 Å². The minimum atomic E-state index is -0.852. The summed E-state index contributed by atoms with van der Waals surface area (Å²) in [7, 11) is -1.70. The zero-order valence-electron chi connectivity index (χ0n) is 26.5. The average Bonchev–Trinajstić information content (AvgIpc) is 3.14. The quantitative estimate of drug-likeness (QED) is 0.172. The van der Waals surface area contributed by atoms with Gasteiger partial charge in [0.1, 0.15) is 0 Å². The van der Waals surface area contributed by atoms with Crippen molar-refractivity contribution in [1.29, 1.82) is 0 Å². The molecular formula is C44H32Cl2P2Ru+. The van der Waals surface area contributed by atoms with E-state index in [9.17, 15) is 0 Å². The van der Waals surface area contributed by atoms with Gasteiger partial charge in [0.05, 0.1) is 0 Å². The van der Waals surface area contributed by atoms with Crippen LogP contribution in [-0.2, 0) is 19.5 Å². The first-order chi connectivity index (χ1) is 22.9. The third-order valence-electron chi connectivity index (χ3n) is 8.60. The van der Waals surface area contributed by atoms with Crippen molar-refractivity contribution in [2.45, 2.75) is 0 Å². The zero-order valence-corrected chi connectivity index (χ0v) is 31.5.